The van der Waals surface area contributed by atoms with Crippen molar-refractivity contribution >= 4 is 68.7 Å². The van der Waals surface area contributed by atoms with Gasteiger partial charge in [-0.25, -0.2) is 4.98 Å². The van der Waals surface area contributed by atoms with Gasteiger partial charge < -0.3 is 15.4 Å². The van der Waals surface area contributed by atoms with E-state index in [-0.39, 0.29) is 24.0 Å². The van der Waals surface area contributed by atoms with Gasteiger partial charge in [0.15, 0.2) is 4.34 Å². The van der Waals surface area contributed by atoms with E-state index in [9.17, 15) is 9.59 Å². The number of hydrogen-bond acceptors (Lipinski definition) is 6. The summed E-state index contributed by atoms with van der Waals surface area (Å²) in [6.07, 6.45) is 0.106. The fourth-order valence-corrected chi connectivity index (χ4v) is 5.04. The summed E-state index contributed by atoms with van der Waals surface area (Å²) in [5.74, 6) is 0.409. The number of ether oxygens (including phenoxy) is 1. The standard InChI is InChI=1S/C24H20ClN3O3S2/c1-31-21-10-9-16(25)11-20(21)28-22(29)12-17-13-32-24(26-17)33-14-23(30)27-19-8-4-6-15-5-2-3-7-18(15)19/h2-11,13H,12,14H2,1H3,(H,27,30)(H,28,29). The van der Waals surface area contributed by atoms with Crippen LogP contribution in [0.4, 0.5) is 11.4 Å². The van der Waals surface area contributed by atoms with E-state index in [0.717, 1.165) is 20.8 Å². The van der Waals surface area contributed by atoms with Crippen LogP contribution in [0.25, 0.3) is 10.8 Å². The van der Waals surface area contributed by atoms with Crippen LogP contribution >= 0.6 is 34.7 Å². The van der Waals surface area contributed by atoms with Crippen molar-refractivity contribution in [2.24, 2.45) is 0 Å². The van der Waals surface area contributed by atoms with Crippen molar-refractivity contribution in [2.45, 2.75) is 10.8 Å². The Bertz CT molecular complexity index is 1300. The highest BCUT2D eigenvalue weighted by Crippen LogP contribution is 2.28. The Morgan fingerprint density at radius 3 is 2.67 bits per heavy atom. The van der Waals surface area contributed by atoms with Crippen LogP contribution in [0.5, 0.6) is 5.75 Å². The number of carbonyl (C=O) groups excluding carboxylic acids is 2. The summed E-state index contributed by atoms with van der Waals surface area (Å²) < 4.78 is 5.98. The normalized spacial score (nSPS) is 10.7. The zero-order valence-corrected chi connectivity index (χ0v) is 20.0. The summed E-state index contributed by atoms with van der Waals surface area (Å²) in [6, 6.07) is 18.7. The number of rotatable bonds is 8. The lowest BCUT2D eigenvalue weighted by molar-refractivity contribution is -0.116. The minimum absolute atomic E-state index is 0.106. The van der Waals surface area contributed by atoms with E-state index >= 15 is 0 Å². The molecule has 3 aromatic carbocycles. The predicted molar refractivity (Wildman–Crippen MR) is 136 cm³/mol. The number of anilines is 2. The quantitative estimate of drug-likeness (QED) is 0.297. The van der Waals surface area contributed by atoms with Crippen molar-refractivity contribution < 1.29 is 14.3 Å². The number of amides is 2. The Labute approximate surface area is 204 Å². The molecule has 0 radical (unpaired) electrons. The first kappa shape index (κ1) is 23.1. The highest BCUT2D eigenvalue weighted by Gasteiger charge is 2.13. The van der Waals surface area contributed by atoms with Gasteiger partial charge in [0.25, 0.3) is 0 Å². The van der Waals surface area contributed by atoms with Gasteiger partial charge in [-0.1, -0.05) is 59.8 Å². The van der Waals surface area contributed by atoms with Crippen molar-refractivity contribution in [3.05, 3.63) is 76.8 Å². The fourth-order valence-electron chi connectivity index (χ4n) is 3.22. The summed E-state index contributed by atoms with van der Waals surface area (Å²) in [6.45, 7) is 0. The van der Waals surface area contributed by atoms with Crippen molar-refractivity contribution in [1.29, 1.82) is 0 Å². The second-order valence-electron chi connectivity index (χ2n) is 7.04. The number of thiazole rings is 1. The van der Waals surface area contributed by atoms with Gasteiger partial charge in [-0.3, -0.25) is 9.59 Å². The van der Waals surface area contributed by atoms with Crippen LogP contribution in [0.1, 0.15) is 5.69 Å². The molecule has 0 bridgehead atoms. The number of nitrogens with one attached hydrogen (secondary N) is 2. The lowest BCUT2D eigenvalue weighted by Crippen LogP contribution is -2.15. The van der Waals surface area contributed by atoms with Crippen LogP contribution in [0.15, 0.2) is 70.4 Å². The molecule has 1 heterocycles. The maximum atomic E-state index is 12.5. The Balaban J connectivity index is 1.31. The van der Waals surface area contributed by atoms with Crippen LogP contribution in [-0.2, 0) is 16.0 Å². The van der Waals surface area contributed by atoms with Gasteiger partial charge >= 0.3 is 0 Å². The van der Waals surface area contributed by atoms with Gasteiger partial charge in [-0.05, 0) is 29.7 Å². The molecule has 168 valence electrons. The fraction of sp³-hybridized carbons (Fsp3) is 0.125. The molecule has 0 unspecified atom stereocenters. The highest BCUT2D eigenvalue weighted by atomic mass is 35.5. The zero-order valence-electron chi connectivity index (χ0n) is 17.6. The molecule has 33 heavy (non-hydrogen) atoms. The maximum absolute atomic E-state index is 12.5. The molecular weight excluding hydrogens is 478 g/mol. The molecule has 9 heteroatoms. The first-order chi connectivity index (χ1) is 16.0. The third-order valence-electron chi connectivity index (χ3n) is 4.70. The molecule has 0 aliphatic heterocycles. The number of aromatic nitrogens is 1. The number of methoxy groups -OCH3 is 1. The topological polar surface area (TPSA) is 80.3 Å². The Morgan fingerprint density at radius 1 is 1.03 bits per heavy atom. The highest BCUT2D eigenvalue weighted by molar-refractivity contribution is 8.01. The van der Waals surface area contributed by atoms with Crippen LogP contribution in [0.2, 0.25) is 5.02 Å². The number of halogens is 1. The molecule has 6 nitrogen and oxygen atoms in total. The first-order valence-electron chi connectivity index (χ1n) is 10.00. The lowest BCUT2D eigenvalue weighted by atomic mass is 10.1. The molecule has 0 saturated carbocycles. The van der Waals surface area contributed by atoms with E-state index in [2.05, 4.69) is 15.6 Å². The van der Waals surface area contributed by atoms with Crippen LogP contribution in [0.3, 0.4) is 0 Å². The number of carbonyl (C=O) groups is 2. The average molecular weight is 498 g/mol. The average Bonchev–Trinajstić information content (AvgIpc) is 3.25. The SMILES string of the molecule is COc1ccc(Cl)cc1NC(=O)Cc1csc(SCC(=O)Nc2cccc3ccccc23)n1. The van der Waals surface area contributed by atoms with E-state index in [1.807, 2.05) is 47.8 Å². The van der Waals surface area contributed by atoms with Crippen molar-refractivity contribution in [3.8, 4) is 5.75 Å². The lowest BCUT2D eigenvalue weighted by Gasteiger charge is -2.10. The third-order valence-corrected chi connectivity index (χ3v) is 7.00. The van der Waals surface area contributed by atoms with Gasteiger partial charge in [0, 0.05) is 21.5 Å². The monoisotopic (exact) mass is 497 g/mol. The molecule has 0 atom stereocenters. The van der Waals surface area contributed by atoms with Gasteiger partial charge in [0.05, 0.1) is 30.7 Å². The molecule has 0 spiro atoms. The minimum atomic E-state index is -0.230. The summed E-state index contributed by atoms with van der Waals surface area (Å²) in [4.78, 5) is 29.4. The van der Waals surface area contributed by atoms with Gasteiger partial charge in [0.1, 0.15) is 5.75 Å². The molecule has 0 aliphatic rings. The third kappa shape index (κ3) is 6.04. The van der Waals surface area contributed by atoms with Crippen LogP contribution in [-0.4, -0.2) is 29.7 Å². The van der Waals surface area contributed by atoms with E-state index in [4.69, 9.17) is 16.3 Å². The van der Waals surface area contributed by atoms with Crippen molar-refractivity contribution in [2.75, 3.05) is 23.5 Å². The van der Waals surface area contributed by atoms with Crippen LogP contribution < -0.4 is 15.4 Å². The van der Waals surface area contributed by atoms with E-state index in [0.29, 0.717) is 22.2 Å². The predicted octanol–water partition coefficient (Wildman–Crippen LogP) is 5.87. The largest absolute Gasteiger partial charge is 0.495 e. The number of nitrogens with zero attached hydrogens (tertiary/aromatic N) is 1. The Morgan fingerprint density at radius 2 is 1.82 bits per heavy atom. The minimum Gasteiger partial charge on any atom is -0.495 e. The molecule has 0 saturated heterocycles. The number of fused-ring (bicyclic) bond motifs is 1. The Kier molecular flexibility index (Phi) is 7.49. The summed E-state index contributed by atoms with van der Waals surface area (Å²) in [5, 5.41) is 10.2. The number of thioether (sulfide) groups is 1. The second kappa shape index (κ2) is 10.7. The molecule has 0 fully saturated rings. The molecular formula is C24H20ClN3O3S2. The maximum Gasteiger partial charge on any atom is 0.234 e. The molecule has 2 N–H and O–H groups in total. The van der Waals surface area contributed by atoms with Gasteiger partial charge in [-0.15, -0.1) is 11.3 Å². The first-order valence-corrected chi connectivity index (χ1v) is 12.2. The summed E-state index contributed by atoms with van der Waals surface area (Å²) in [5.41, 5.74) is 1.92. The second-order valence-corrected chi connectivity index (χ2v) is 9.55. The zero-order chi connectivity index (χ0) is 23.2. The summed E-state index contributed by atoms with van der Waals surface area (Å²) in [7, 11) is 1.53. The number of benzene rings is 3. The Hall–Kier alpha value is -3.07. The van der Waals surface area contributed by atoms with E-state index in [1.54, 1.807) is 18.2 Å². The number of hydrogen-bond donors (Lipinski definition) is 2. The molecule has 4 rings (SSSR count). The van der Waals surface area contributed by atoms with Gasteiger partial charge in [-0.2, -0.15) is 0 Å². The van der Waals surface area contributed by atoms with Gasteiger partial charge in [0.2, 0.25) is 11.8 Å². The summed E-state index contributed by atoms with van der Waals surface area (Å²) >= 11 is 8.75. The van der Waals surface area contributed by atoms with E-state index in [1.165, 1.54) is 30.2 Å². The smallest absolute Gasteiger partial charge is 0.234 e. The van der Waals surface area contributed by atoms with Crippen molar-refractivity contribution in [3.63, 3.8) is 0 Å². The van der Waals surface area contributed by atoms with E-state index < -0.39 is 0 Å². The molecule has 4 aromatic rings. The molecule has 2 amide bonds. The van der Waals surface area contributed by atoms with Crippen LogP contribution in [0, 0.1) is 0 Å². The molecule has 1 aromatic heterocycles. The van der Waals surface area contributed by atoms with Crippen molar-refractivity contribution in [1.82, 2.24) is 4.98 Å². The molecule has 0 aliphatic carbocycles.